The Kier molecular flexibility index (Phi) is 3.28. The Hall–Kier alpha value is -2.16. The van der Waals surface area contributed by atoms with Gasteiger partial charge in [0.05, 0.1) is 23.7 Å². The van der Waals surface area contributed by atoms with Crippen molar-refractivity contribution in [1.82, 2.24) is 0 Å². The maximum Gasteiger partial charge on any atom is 0.139 e. The van der Waals surface area contributed by atoms with Gasteiger partial charge in [-0.2, -0.15) is 0 Å². The lowest BCUT2D eigenvalue weighted by Crippen LogP contribution is -2.34. The summed E-state index contributed by atoms with van der Waals surface area (Å²) in [5.41, 5.74) is 3.47. The Bertz CT molecular complexity index is 646. The molecule has 0 aromatic heterocycles. The highest BCUT2D eigenvalue weighted by Gasteiger charge is 2.30. The molecule has 0 atom stereocenters. The van der Waals surface area contributed by atoms with Crippen molar-refractivity contribution in [3.05, 3.63) is 48.5 Å². The molecular formula is C18H22N2O. The second-order valence-electron chi connectivity index (χ2n) is 6.81. The van der Waals surface area contributed by atoms with Gasteiger partial charge in [0.15, 0.2) is 0 Å². The van der Waals surface area contributed by atoms with Crippen molar-refractivity contribution in [2.75, 3.05) is 23.0 Å². The Morgan fingerprint density at radius 2 is 1.48 bits per heavy atom. The van der Waals surface area contributed by atoms with Crippen molar-refractivity contribution < 1.29 is 5.11 Å². The fourth-order valence-electron chi connectivity index (χ4n) is 2.89. The molecule has 2 aromatic rings. The van der Waals surface area contributed by atoms with E-state index in [1.807, 2.05) is 24.3 Å². The zero-order chi connectivity index (χ0) is 15.0. The highest BCUT2D eigenvalue weighted by molar-refractivity contribution is 5.84. The lowest BCUT2D eigenvalue weighted by Gasteiger charge is -2.29. The second-order valence-corrected chi connectivity index (χ2v) is 6.81. The van der Waals surface area contributed by atoms with Crippen molar-refractivity contribution >= 4 is 17.1 Å². The first-order valence-electron chi connectivity index (χ1n) is 7.35. The van der Waals surface area contributed by atoms with Gasteiger partial charge >= 0.3 is 0 Å². The first kappa shape index (κ1) is 13.8. The van der Waals surface area contributed by atoms with Crippen molar-refractivity contribution in [3.8, 4) is 5.75 Å². The van der Waals surface area contributed by atoms with E-state index in [1.54, 1.807) is 6.07 Å². The average Bonchev–Trinajstić information content (AvgIpc) is 2.77. The molecule has 0 fully saturated rings. The molecule has 0 aliphatic carbocycles. The van der Waals surface area contributed by atoms with Crippen LogP contribution in [0.3, 0.4) is 0 Å². The number of para-hydroxylation sites is 4. The van der Waals surface area contributed by atoms with Crippen LogP contribution in [0, 0.1) is 5.41 Å². The molecule has 21 heavy (non-hydrogen) atoms. The van der Waals surface area contributed by atoms with Crippen LogP contribution < -0.4 is 9.80 Å². The zero-order valence-electron chi connectivity index (χ0n) is 12.9. The number of phenols is 1. The number of anilines is 3. The lowest BCUT2D eigenvalue weighted by molar-refractivity contribution is 0.413. The molecule has 1 aliphatic rings. The van der Waals surface area contributed by atoms with Gasteiger partial charge < -0.3 is 14.9 Å². The summed E-state index contributed by atoms with van der Waals surface area (Å²) < 4.78 is 0. The summed E-state index contributed by atoms with van der Waals surface area (Å²) in [6.45, 7) is 8.50. The number of hydrogen-bond acceptors (Lipinski definition) is 3. The van der Waals surface area contributed by atoms with Gasteiger partial charge in [0.25, 0.3) is 0 Å². The third-order valence-electron chi connectivity index (χ3n) is 3.66. The standard InChI is InChI=1S/C18H22N2O/c1-18(2,3)12-19-13-20(15-9-5-4-8-14(15)19)16-10-6-7-11-17(16)21/h4-11,21H,12-13H2,1-3H3. The quantitative estimate of drug-likeness (QED) is 0.887. The van der Waals surface area contributed by atoms with Gasteiger partial charge in [0, 0.05) is 6.54 Å². The van der Waals surface area contributed by atoms with E-state index in [4.69, 9.17) is 0 Å². The van der Waals surface area contributed by atoms with Gasteiger partial charge in [-0.1, -0.05) is 45.0 Å². The molecule has 0 bridgehead atoms. The van der Waals surface area contributed by atoms with E-state index in [0.717, 1.165) is 24.6 Å². The van der Waals surface area contributed by atoms with Crippen LogP contribution in [-0.2, 0) is 0 Å². The molecule has 3 nitrogen and oxygen atoms in total. The van der Waals surface area contributed by atoms with Crippen LogP contribution in [0.15, 0.2) is 48.5 Å². The first-order chi connectivity index (χ1) is 9.96. The van der Waals surface area contributed by atoms with E-state index in [2.05, 4.69) is 48.8 Å². The van der Waals surface area contributed by atoms with Crippen molar-refractivity contribution in [1.29, 1.82) is 0 Å². The summed E-state index contributed by atoms with van der Waals surface area (Å²) in [6.07, 6.45) is 0. The van der Waals surface area contributed by atoms with Crippen LogP contribution in [-0.4, -0.2) is 18.3 Å². The number of hydrogen-bond donors (Lipinski definition) is 1. The minimum Gasteiger partial charge on any atom is -0.506 e. The summed E-state index contributed by atoms with van der Waals surface area (Å²) in [6, 6.07) is 15.9. The summed E-state index contributed by atoms with van der Waals surface area (Å²) in [7, 11) is 0. The smallest absolute Gasteiger partial charge is 0.139 e. The minimum atomic E-state index is 0.224. The molecule has 1 aliphatic heterocycles. The molecule has 0 saturated carbocycles. The van der Waals surface area contributed by atoms with Crippen molar-refractivity contribution in [2.45, 2.75) is 20.8 Å². The number of benzene rings is 2. The Balaban J connectivity index is 2.00. The van der Waals surface area contributed by atoms with Crippen molar-refractivity contribution in [2.24, 2.45) is 5.41 Å². The molecule has 0 unspecified atom stereocenters. The monoisotopic (exact) mass is 282 g/mol. The maximum absolute atomic E-state index is 10.2. The van der Waals surface area contributed by atoms with E-state index in [1.165, 1.54) is 5.69 Å². The Morgan fingerprint density at radius 3 is 2.10 bits per heavy atom. The van der Waals surface area contributed by atoms with E-state index < -0.39 is 0 Å². The van der Waals surface area contributed by atoms with Gasteiger partial charge in [-0.15, -0.1) is 0 Å². The van der Waals surface area contributed by atoms with E-state index >= 15 is 0 Å². The molecule has 0 spiro atoms. The summed E-state index contributed by atoms with van der Waals surface area (Å²) in [5, 5.41) is 10.2. The Labute approximate surface area is 126 Å². The number of aromatic hydroxyl groups is 1. The molecule has 0 radical (unpaired) electrons. The third kappa shape index (κ3) is 2.68. The number of phenolic OH excluding ortho intramolecular Hbond substituents is 1. The highest BCUT2D eigenvalue weighted by Crippen LogP contribution is 2.43. The van der Waals surface area contributed by atoms with Crippen LogP contribution in [0.25, 0.3) is 0 Å². The molecule has 1 heterocycles. The molecule has 2 aromatic carbocycles. The van der Waals surface area contributed by atoms with E-state index in [-0.39, 0.29) is 5.41 Å². The predicted molar refractivity (Wildman–Crippen MR) is 88.4 cm³/mol. The van der Waals surface area contributed by atoms with E-state index in [9.17, 15) is 5.11 Å². The summed E-state index contributed by atoms with van der Waals surface area (Å²) in [5.74, 6) is 0.324. The fourth-order valence-corrected chi connectivity index (χ4v) is 2.89. The zero-order valence-corrected chi connectivity index (χ0v) is 12.9. The largest absolute Gasteiger partial charge is 0.506 e. The molecule has 1 N–H and O–H groups in total. The molecular weight excluding hydrogens is 260 g/mol. The van der Waals surface area contributed by atoms with Gasteiger partial charge in [-0.25, -0.2) is 0 Å². The summed E-state index contributed by atoms with van der Waals surface area (Å²) >= 11 is 0. The number of rotatable bonds is 2. The third-order valence-corrected chi connectivity index (χ3v) is 3.66. The van der Waals surface area contributed by atoms with Crippen LogP contribution in [0.2, 0.25) is 0 Å². The maximum atomic E-state index is 10.2. The van der Waals surface area contributed by atoms with Crippen LogP contribution in [0.1, 0.15) is 20.8 Å². The van der Waals surface area contributed by atoms with Gasteiger partial charge in [0.1, 0.15) is 5.75 Å². The van der Waals surface area contributed by atoms with Gasteiger partial charge in [-0.05, 0) is 29.7 Å². The average molecular weight is 282 g/mol. The number of nitrogens with zero attached hydrogens (tertiary/aromatic N) is 2. The highest BCUT2D eigenvalue weighted by atomic mass is 16.3. The van der Waals surface area contributed by atoms with Gasteiger partial charge in [0.2, 0.25) is 0 Å². The normalized spacial score (nSPS) is 14.4. The lowest BCUT2D eigenvalue weighted by atomic mass is 9.96. The van der Waals surface area contributed by atoms with Crippen molar-refractivity contribution in [3.63, 3.8) is 0 Å². The van der Waals surface area contributed by atoms with E-state index in [0.29, 0.717) is 5.75 Å². The SMILES string of the molecule is CC(C)(C)CN1CN(c2ccccc2O)c2ccccc21. The molecule has 3 rings (SSSR count). The Morgan fingerprint density at radius 1 is 0.905 bits per heavy atom. The predicted octanol–water partition coefficient (Wildman–Crippen LogP) is 4.35. The fraction of sp³-hybridized carbons (Fsp3) is 0.333. The summed E-state index contributed by atoms with van der Waals surface area (Å²) in [4.78, 5) is 4.55. The van der Waals surface area contributed by atoms with Crippen LogP contribution >= 0.6 is 0 Å². The molecule has 110 valence electrons. The van der Waals surface area contributed by atoms with Crippen LogP contribution in [0.5, 0.6) is 5.75 Å². The molecule has 3 heteroatoms. The first-order valence-corrected chi connectivity index (χ1v) is 7.35. The molecule has 0 amide bonds. The number of fused-ring (bicyclic) bond motifs is 1. The second kappa shape index (κ2) is 4.99. The topological polar surface area (TPSA) is 26.7 Å². The molecule has 0 saturated heterocycles. The van der Waals surface area contributed by atoms with Crippen LogP contribution in [0.4, 0.5) is 17.1 Å². The minimum absolute atomic E-state index is 0.224. The van der Waals surface area contributed by atoms with Gasteiger partial charge in [-0.3, -0.25) is 0 Å².